The number of ether oxygens (including phenoxy) is 1. The SMILES string of the molecule is [2H]c1c([2H])c([2H])c(C(=O)OC(C)CCCCCCCCC(=O)O)c(C(=O)O)c1[2H]. The highest BCUT2D eigenvalue weighted by molar-refractivity contribution is 6.02. The first-order valence-corrected chi connectivity index (χ1v) is 8.34. The Labute approximate surface area is 153 Å². The zero-order valence-corrected chi connectivity index (χ0v) is 14.3. The van der Waals surface area contributed by atoms with E-state index in [0.717, 1.165) is 32.1 Å². The fraction of sp³-hybridized carbons (Fsp3) is 0.526. The van der Waals surface area contributed by atoms with E-state index in [2.05, 4.69) is 0 Å². The minimum atomic E-state index is -1.63. The predicted molar refractivity (Wildman–Crippen MR) is 92.9 cm³/mol. The van der Waals surface area contributed by atoms with E-state index in [0.29, 0.717) is 12.8 Å². The highest BCUT2D eigenvalue weighted by Crippen LogP contribution is 2.15. The standard InChI is InChI=1S/C19H26O6/c1-14(10-6-4-2-3-5-7-13-17(20)21)25-19(24)16-12-9-8-11-15(16)18(22)23/h8-9,11-12,14H,2-7,10,13H2,1H3,(H,20,21)(H,22,23)/i8D,9D,11D,12D. The van der Waals surface area contributed by atoms with E-state index in [9.17, 15) is 19.5 Å². The average molecular weight is 354 g/mol. The van der Waals surface area contributed by atoms with Gasteiger partial charge in [0, 0.05) is 6.42 Å². The molecule has 6 heteroatoms. The number of aliphatic carboxylic acids is 1. The number of hydrogen-bond acceptors (Lipinski definition) is 4. The van der Waals surface area contributed by atoms with E-state index in [1.54, 1.807) is 6.92 Å². The summed E-state index contributed by atoms with van der Waals surface area (Å²) in [6.07, 6.45) is 5.12. The molecular formula is C19H26O6. The number of esters is 1. The van der Waals surface area contributed by atoms with Gasteiger partial charge in [0.15, 0.2) is 0 Å². The van der Waals surface area contributed by atoms with Crippen LogP contribution in [0, 0.1) is 0 Å². The van der Waals surface area contributed by atoms with Crippen LogP contribution in [0.15, 0.2) is 24.2 Å². The smallest absolute Gasteiger partial charge is 0.339 e. The molecule has 1 aromatic carbocycles. The summed E-state index contributed by atoms with van der Waals surface area (Å²) in [6.45, 7) is 1.64. The third kappa shape index (κ3) is 8.33. The van der Waals surface area contributed by atoms with Gasteiger partial charge in [0.05, 0.1) is 22.7 Å². The predicted octanol–water partition coefficient (Wildman–Crippen LogP) is 4.14. The quantitative estimate of drug-likeness (QED) is 0.432. The summed E-state index contributed by atoms with van der Waals surface area (Å²) >= 11 is 0. The van der Waals surface area contributed by atoms with Gasteiger partial charge in [0.2, 0.25) is 0 Å². The van der Waals surface area contributed by atoms with Crippen LogP contribution < -0.4 is 0 Å². The Bertz CT molecular complexity index is 766. The molecule has 0 aliphatic carbocycles. The van der Waals surface area contributed by atoms with E-state index >= 15 is 0 Å². The summed E-state index contributed by atoms with van der Waals surface area (Å²) in [5.41, 5.74) is -1.47. The lowest BCUT2D eigenvalue weighted by molar-refractivity contribution is -0.137. The molecule has 0 aliphatic rings. The molecule has 1 rings (SSSR count). The maximum absolute atomic E-state index is 12.4. The molecule has 0 amide bonds. The number of carboxylic acid groups (broad SMARTS) is 2. The van der Waals surface area contributed by atoms with Crippen molar-refractivity contribution in [2.24, 2.45) is 0 Å². The molecule has 0 radical (unpaired) electrons. The Morgan fingerprint density at radius 2 is 1.56 bits per heavy atom. The Kier molecular flexibility index (Phi) is 6.71. The van der Waals surface area contributed by atoms with Crippen LogP contribution in [-0.4, -0.2) is 34.2 Å². The van der Waals surface area contributed by atoms with Crippen LogP contribution in [0.5, 0.6) is 0 Å². The zero-order chi connectivity index (χ0) is 22.1. The summed E-state index contributed by atoms with van der Waals surface area (Å²) in [5, 5.41) is 17.8. The normalized spacial score (nSPS) is 14.0. The van der Waals surface area contributed by atoms with E-state index in [1.165, 1.54) is 0 Å². The van der Waals surface area contributed by atoms with Crippen molar-refractivity contribution in [1.82, 2.24) is 0 Å². The lowest BCUT2D eigenvalue weighted by atomic mass is 10.1. The minimum absolute atomic E-state index is 0.171. The molecule has 2 N–H and O–H groups in total. The molecule has 0 saturated carbocycles. The summed E-state index contributed by atoms with van der Waals surface area (Å²) in [5.74, 6) is -3.51. The van der Waals surface area contributed by atoms with E-state index in [1.807, 2.05) is 0 Å². The molecule has 1 unspecified atom stereocenters. The van der Waals surface area contributed by atoms with Crippen LogP contribution in [0.4, 0.5) is 0 Å². The second kappa shape index (κ2) is 11.2. The maximum atomic E-state index is 12.4. The summed E-state index contributed by atoms with van der Waals surface area (Å²) < 4.78 is 35.9. The van der Waals surface area contributed by atoms with Crippen molar-refractivity contribution < 1.29 is 34.8 Å². The van der Waals surface area contributed by atoms with E-state index in [-0.39, 0.29) is 6.42 Å². The number of benzene rings is 1. The van der Waals surface area contributed by atoms with E-state index in [4.69, 9.17) is 15.3 Å². The van der Waals surface area contributed by atoms with Gasteiger partial charge in [0.25, 0.3) is 0 Å². The van der Waals surface area contributed by atoms with Crippen LogP contribution >= 0.6 is 0 Å². The molecule has 0 aromatic heterocycles. The average Bonchev–Trinajstić information content (AvgIpc) is 2.64. The van der Waals surface area contributed by atoms with Gasteiger partial charge in [-0.2, -0.15) is 0 Å². The second-order valence-electron chi connectivity index (χ2n) is 5.82. The molecule has 6 nitrogen and oxygen atoms in total. The van der Waals surface area contributed by atoms with Crippen molar-refractivity contribution in [1.29, 1.82) is 0 Å². The van der Waals surface area contributed by atoms with Crippen LogP contribution in [0.3, 0.4) is 0 Å². The zero-order valence-electron chi connectivity index (χ0n) is 18.3. The topological polar surface area (TPSA) is 101 Å². The number of aromatic carboxylic acids is 1. The lowest BCUT2D eigenvalue weighted by Gasteiger charge is -2.14. The monoisotopic (exact) mass is 354 g/mol. The van der Waals surface area contributed by atoms with Gasteiger partial charge in [0.1, 0.15) is 0 Å². The van der Waals surface area contributed by atoms with Crippen molar-refractivity contribution in [3.05, 3.63) is 35.3 Å². The molecule has 0 spiro atoms. The molecule has 1 aromatic rings. The Balaban J connectivity index is 2.60. The number of hydrogen-bond donors (Lipinski definition) is 2. The largest absolute Gasteiger partial charge is 0.481 e. The van der Waals surface area contributed by atoms with Gasteiger partial charge in [-0.05, 0) is 38.3 Å². The van der Waals surface area contributed by atoms with Gasteiger partial charge in [-0.1, -0.05) is 37.8 Å². The minimum Gasteiger partial charge on any atom is -0.481 e. The van der Waals surface area contributed by atoms with E-state index < -0.39 is 59.3 Å². The molecular weight excluding hydrogens is 324 g/mol. The Morgan fingerprint density at radius 1 is 1.00 bits per heavy atom. The summed E-state index contributed by atoms with van der Waals surface area (Å²) in [4.78, 5) is 34.2. The van der Waals surface area contributed by atoms with Crippen LogP contribution in [0.1, 0.15) is 84.5 Å². The Hall–Kier alpha value is -2.37. The van der Waals surface area contributed by atoms with Gasteiger partial charge in [-0.15, -0.1) is 0 Å². The van der Waals surface area contributed by atoms with Crippen LogP contribution in [0.2, 0.25) is 0 Å². The van der Waals surface area contributed by atoms with Crippen LogP contribution in [-0.2, 0) is 9.53 Å². The van der Waals surface area contributed by atoms with Gasteiger partial charge in [-0.3, -0.25) is 4.79 Å². The van der Waals surface area contributed by atoms with Crippen molar-refractivity contribution in [2.75, 3.05) is 0 Å². The number of unbranched alkanes of at least 4 members (excludes halogenated alkanes) is 5. The molecule has 0 heterocycles. The van der Waals surface area contributed by atoms with Gasteiger partial charge < -0.3 is 14.9 Å². The molecule has 0 fully saturated rings. The fourth-order valence-corrected chi connectivity index (χ4v) is 2.34. The van der Waals surface area contributed by atoms with Crippen LogP contribution in [0.25, 0.3) is 0 Å². The number of rotatable bonds is 12. The molecule has 138 valence electrons. The highest BCUT2D eigenvalue weighted by Gasteiger charge is 2.18. The van der Waals surface area contributed by atoms with Gasteiger partial charge in [-0.25, -0.2) is 9.59 Å². The summed E-state index contributed by atoms with van der Waals surface area (Å²) in [6, 6.07) is -2.94. The van der Waals surface area contributed by atoms with Crippen molar-refractivity contribution in [3.63, 3.8) is 0 Å². The summed E-state index contributed by atoms with van der Waals surface area (Å²) in [7, 11) is 0. The third-order valence-corrected chi connectivity index (χ3v) is 3.67. The molecule has 25 heavy (non-hydrogen) atoms. The number of carboxylic acids is 2. The number of carbonyl (C=O) groups excluding carboxylic acids is 1. The van der Waals surface area contributed by atoms with Crippen molar-refractivity contribution >= 4 is 17.9 Å². The number of carbonyl (C=O) groups is 3. The molecule has 0 aliphatic heterocycles. The molecule has 0 saturated heterocycles. The first-order valence-electron chi connectivity index (χ1n) is 10.3. The molecule has 0 bridgehead atoms. The first kappa shape index (κ1) is 14.9. The highest BCUT2D eigenvalue weighted by atomic mass is 16.5. The van der Waals surface area contributed by atoms with Crippen molar-refractivity contribution in [3.8, 4) is 0 Å². The van der Waals surface area contributed by atoms with Gasteiger partial charge >= 0.3 is 17.9 Å². The maximum Gasteiger partial charge on any atom is 0.339 e. The third-order valence-electron chi connectivity index (χ3n) is 3.67. The first-order chi connectivity index (χ1) is 13.6. The molecule has 1 atom stereocenters. The second-order valence-corrected chi connectivity index (χ2v) is 5.82. The van der Waals surface area contributed by atoms with Crippen molar-refractivity contribution in [2.45, 2.75) is 64.4 Å². The lowest BCUT2D eigenvalue weighted by Crippen LogP contribution is -2.17. The fourth-order valence-electron chi connectivity index (χ4n) is 2.34. The Morgan fingerprint density at radius 3 is 2.16 bits per heavy atom.